The Bertz CT molecular complexity index is 696. The summed E-state index contributed by atoms with van der Waals surface area (Å²) in [5.41, 5.74) is -0.684. The lowest BCUT2D eigenvalue weighted by Gasteiger charge is -2.36. The maximum Gasteiger partial charge on any atom is 0.314 e. The number of nitro groups is 1. The number of hydrogen-bond acceptors (Lipinski definition) is 6. The molecule has 2 aliphatic rings. The number of anilines is 1. The van der Waals surface area contributed by atoms with Crippen LogP contribution in [0.25, 0.3) is 0 Å². The molecular formula is C18H25N3O5. The van der Waals surface area contributed by atoms with Gasteiger partial charge in [0.1, 0.15) is 0 Å². The Hall–Kier alpha value is -2.22. The maximum absolute atomic E-state index is 11.7. The molecule has 2 heterocycles. The number of carboxylic acids is 1. The number of ether oxygens (including phenoxy) is 1. The third kappa shape index (κ3) is 3.51. The van der Waals surface area contributed by atoms with Crippen LogP contribution in [0.4, 0.5) is 11.5 Å². The van der Waals surface area contributed by atoms with Crippen LogP contribution in [0.3, 0.4) is 0 Å². The fourth-order valence-electron chi connectivity index (χ4n) is 3.61. The Morgan fingerprint density at radius 1 is 1.46 bits per heavy atom. The van der Waals surface area contributed by atoms with Crippen LogP contribution in [0.1, 0.15) is 45.1 Å². The molecule has 0 radical (unpaired) electrons. The zero-order chi connectivity index (χ0) is 18.9. The summed E-state index contributed by atoms with van der Waals surface area (Å²) >= 11 is 0. The van der Waals surface area contributed by atoms with Crippen molar-refractivity contribution in [3.8, 4) is 0 Å². The minimum atomic E-state index is -1.00. The van der Waals surface area contributed by atoms with E-state index in [-0.39, 0.29) is 11.7 Å². The largest absolute Gasteiger partial charge is 0.481 e. The minimum Gasteiger partial charge on any atom is -0.481 e. The van der Waals surface area contributed by atoms with E-state index in [0.717, 1.165) is 12.8 Å². The molecule has 1 aliphatic heterocycles. The van der Waals surface area contributed by atoms with Crippen molar-refractivity contribution in [2.45, 2.75) is 51.0 Å². The lowest BCUT2D eigenvalue weighted by Crippen LogP contribution is -2.42. The van der Waals surface area contributed by atoms with Crippen molar-refractivity contribution in [3.05, 3.63) is 27.9 Å². The number of aliphatic carboxylic acids is 1. The van der Waals surface area contributed by atoms with E-state index >= 15 is 0 Å². The first-order valence-corrected chi connectivity index (χ1v) is 9.08. The Morgan fingerprint density at radius 3 is 2.62 bits per heavy atom. The third-order valence-electron chi connectivity index (χ3n) is 5.22. The highest BCUT2D eigenvalue weighted by atomic mass is 16.6. The zero-order valence-electron chi connectivity index (χ0n) is 15.2. The van der Waals surface area contributed by atoms with Gasteiger partial charge < -0.3 is 14.7 Å². The van der Waals surface area contributed by atoms with Crippen LogP contribution in [0.2, 0.25) is 0 Å². The van der Waals surface area contributed by atoms with Crippen LogP contribution in [-0.4, -0.2) is 46.8 Å². The second-order valence-corrected chi connectivity index (χ2v) is 7.60. The number of carbonyl (C=O) groups is 1. The molecule has 1 aromatic rings. The Kier molecular flexibility index (Phi) is 5.13. The van der Waals surface area contributed by atoms with Crippen LogP contribution >= 0.6 is 0 Å². The molecule has 8 heteroatoms. The molecule has 0 spiro atoms. The summed E-state index contributed by atoms with van der Waals surface area (Å²) < 4.78 is 5.42. The van der Waals surface area contributed by atoms with Crippen molar-refractivity contribution in [1.29, 1.82) is 0 Å². The van der Waals surface area contributed by atoms with Gasteiger partial charge in [0.05, 0.1) is 10.3 Å². The van der Waals surface area contributed by atoms with Gasteiger partial charge in [-0.1, -0.05) is 13.8 Å². The van der Waals surface area contributed by atoms with E-state index in [4.69, 9.17) is 4.74 Å². The molecule has 1 N–H and O–H groups in total. The highest BCUT2D eigenvalue weighted by molar-refractivity contribution is 5.85. The number of rotatable bonds is 7. The molecule has 0 unspecified atom stereocenters. The van der Waals surface area contributed by atoms with Gasteiger partial charge in [0.25, 0.3) is 0 Å². The molecule has 3 rings (SSSR count). The molecular weight excluding hydrogens is 338 g/mol. The monoisotopic (exact) mass is 363 g/mol. The first-order chi connectivity index (χ1) is 12.3. The number of aromatic nitrogens is 1. The lowest BCUT2D eigenvalue weighted by molar-refractivity contribution is -0.384. The normalized spacial score (nSPS) is 19.3. The van der Waals surface area contributed by atoms with Gasteiger partial charge in [-0.25, -0.2) is 4.98 Å². The SMILES string of the molecule is CC(C)CN(c1ncc(C2(C(=O)O)CC2)cc1[N+](=O)[O-])C1CCOCC1. The molecule has 142 valence electrons. The number of nitrogens with zero attached hydrogens (tertiary/aromatic N) is 3. The number of hydrogen-bond donors (Lipinski definition) is 1. The number of pyridine rings is 1. The summed E-state index contributed by atoms with van der Waals surface area (Å²) in [5, 5.41) is 21.2. The first-order valence-electron chi connectivity index (χ1n) is 9.08. The summed E-state index contributed by atoms with van der Waals surface area (Å²) in [6.45, 7) is 6.05. The molecule has 8 nitrogen and oxygen atoms in total. The van der Waals surface area contributed by atoms with Gasteiger partial charge in [-0.2, -0.15) is 0 Å². The number of carboxylic acid groups (broad SMARTS) is 1. The predicted molar refractivity (Wildman–Crippen MR) is 95.5 cm³/mol. The quantitative estimate of drug-likeness (QED) is 0.586. The fraction of sp³-hybridized carbons (Fsp3) is 0.667. The Morgan fingerprint density at radius 2 is 2.12 bits per heavy atom. The average molecular weight is 363 g/mol. The first kappa shape index (κ1) is 18.6. The van der Waals surface area contributed by atoms with Crippen molar-refractivity contribution >= 4 is 17.5 Å². The molecule has 0 amide bonds. The molecule has 0 bridgehead atoms. The maximum atomic E-state index is 11.7. The van der Waals surface area contributed by atoms with Gasteiger partial charge in [-0.3, -0.25) is 14.9 Å². The molecule has 1 aromatic heterocycles. The van der Waals surface area contributed by atoms with Crippen molar-refractivity contribution in [2.75, 3.05) is 24.7 Å². The molecule has 26 heavy (non-hydrogen) atoms. The third-order valence-corrected chi connectivity index (χ3v) is 5.22. The molecule has 1 aliphatic carbocycles. The minimum absolute atomic E-state index is 0.109. The smallest absolute Gasteiger partial charge is 0.314 e. The fourth-order valence-corrected chi connectivity index (χ4v) is 3.61. The van der Waals surface area contributed by atoms with E-state index in [0.29, 0.717) is 49.9 Å². The second kappa shape index (κ2) is 7.19. The van der Waals surface area contributed by atoms with Gasteiger partial charge in [0.15, 0.2) is 0 Å². The molecule has 2 fully saturated rings. The van der Waals surface area contributed by atoms with Gasteiger partial charge in [-0.05, 0) is 37.2 Å². The van der Waals surface area contributed by atoms with Crippen LogP contribution in [0, 0.1) is 16.0 Å². The predicted octanol–water partition coefficient (Wildman–Crippen LogP) is 2.75. The van der Waals surface area contributed by atoms with Crippen molar-refractivity contribution in [1.82, 2.24) is 4.98 Å². The highest BCUT2D eigenvalue weighted by Crippen LogP contribution is 2.49. The van der Waals surface area contributed by atoms with Crippen LogP contribution < -0.4 is 4.90 Å². The Labute approximate surface area is 152 Å². The van der Waals surface area contributed by atoms with E-state index in [1.807, 2.05) is 4.90 Å². The van der Waals surface area contributed by atoms with E-state index in [1.54, 1.807) is 0 Å². The Balaban J connectivity index is 2.00. The van der Waals surface area contributed by atoms with Gasteiger partial charge in [0, 0.05) is 38.1 Å². The lowest BCUT2D eigenvalue weighted by atomic mass is 9.97. The van der Waals surface area contributed by atoms with Crippen LogP contribution in [-0.2, 0) is 14.9 Å². The zero-order valence-corrected chi connectivity index (χ0v) is 15.2. The highest BCUT2D eigenvalue weighted by Gasteiger charge is 2.52. The van der Waals surface area contributed by atoms with Gasteiger partial charge in [-0.15, -0.1) is 0 Å². The van der Waals surface area contributed by atoms with Crippen LogP contribution in [0.15, 0.2) is 12.3 Å². The van der Waals surface area contributed by atoms with E-state index in [9.17, 15) is 20.0 Å². The second-order valence-electron chi connectivity index (χ2n) is 7.60. The van der Waals surface area contributed by atoms with Crippen LogP contribution in [0.5, 0.6) is 0 Å². The van der Waals surface area contributed by atoms with Crippen molar-refractivity contribution < 1.29 is 19.6 Å². The molecule has 0 aromatic carbocycles. The standard InChI is InChI=1S/C18H25N3O5/c1-12(2)11-20(14-3-7-26-8-4-14)16-15(21(24)25)9-13(10-19-16)18(5-6-18)17(22)23/h9-10,12,14H,3-8,11H2,1-2H3,(H,22,23). The summed E-state index contributed by atoms with van der Waals surface area (Å²) in [6, 6.07) is 1.55. The van der Waals surface area contributed by atoms with Crippen molar-refractivity contribution in [3.63, 3.8) is 0 Å². The topological polar surface area (TPSA) is 106 Å². The van der Waals surface area contributed by atoms with E-state index in [2.05, 4.69) is 18.8 Å². The molecule has 1 saturated carbocycles. The van der Waals surface area contributed by atoms with E-state index < -0.39 is 16.3 Å². The summed E-state index contributed by atoms with van der Waals surface area (Å²) in [6.07, 6.45) is 4.10. The van der Waals surface area contributed by atoms with Gasteiger partial charge in [0.2, 0.25) is 5.82 Å². The average Bonchev–Trinajstić information content (AvgIpc) is 3.42. The summed E-state index contributed by atoms with van der Waals surface area (Å²) in [7, 11) is 0. The summed E-state index contributed by atoms with van der Waals surface area (Å²) in [5.74, 6) is -0.293. The summed E-state index contributed by atoms with van der Waals surface area (Å²) in [4.78, 5) is 29.2. The molecule has 0 atom stereocenters. The van der Waals surface area contributed by atoms with Crippen molar-refractivity contribution in [2.24, 2.45) is 5.92 Å². The van der Waals surface area contributed by atoms with E-state index in [1.165, 1.54) is 12.3 Å². The molecule has 1 saturated heterocycles. The van der Waals surface area contributed by atoms with Gasteiger partial charge >= 0.3 is 11.7 Å².